The second-order valence-corrected chi connectivity index (χ2v) is 5.54. The number of pyridine rings is 1. The fourth-order valence-electron chi connectivity index (χ4n) is 2.47. The van der Waals surface area contributed by atoms with Crippen molar-refractivity contribution < 1.29 is 9.53 Å². The number of para-hydroxylation sites is 1. The normalized spacial score (nSPS) is 10.3. The summed E-state index contributed by atoms with van der Waals surface area (Å²) in [7, 11) is 1.58. The smallest absolute Gasteiger partial charge is 0.267 e. The molecule has 1 aromatic carbocycles. The maximum absolute atomic E-state index is 12.2. The molecule has 1 N–H and O–H groups in total. The van der Waals surface area contributed by atoms with Crippen LogP contribution in [0.25, 0.3) is 11.3 Å². The second kappa shape index (κ2) is 8.06. The maximum atomic E-state index is 12.2. The van der Waals surface area contributed by atoms with Crippen LogP contribution in [0.3, 0.4) is 0 Å². The van der Waals surface area contributed by atoms with Crippen LogP contribution in [0.5, 0.6) is 5.75 Å². The van der Waals surface area contributed by atoms with Crippen LogP contribution in [-0.2, 0) is 17.9 Å². The van der Waals surface area contributed by atoms with Gasteiger partial charge >= 0.3 is 0 Å². The molecule has 0 spiro atoms. The molecule has 0 atom stereocenters. The lowest BCUT2D eigenvalue weighted by atomic mass is 10.2. The van der Waals surface area contributed by atoms with E-state index in [1.54, 1.807) is 31.6 Å². The molecule has 0 aliphatic carbocycles. The van der Waals surface area contributed by atoms with E-state index in [1.165, 1.54) is 6.07 Å². The van der Waals surface area contributed by atoms with Gasteiger partial charge in [0.1, 0.15) is 12.3 Å². The van der Waals surface area contributed by atoms with E-state index in [2.05, 4.69) is 15.4 Å². The molecule has 3 aromatic rings. The van der Waals surface area contributed by atoms with Gasteiger partial charge in [-0.15, -0.1) is 0 Å². The first-order chi connectivity index (χ1) is 12.7. The van der Waals surface area contributed by atoms with Gasteiger partial charge in [0.15, 0.2) is 0 Å². The van der Waals surface area contributed by atoms with E-state index in [9.17, 15) is 9.59 Å². The summed E-state index contributed by atoms with van der Waals surface area (Å²) in [6.45, 7) is 0.141. The topological polar surface area (TPSA) is 86.1 Å². The van der Waals surface area contributed by atoms with Gasteiger partial charge in [-0.05, 0) is 24.3 Å². The summed E-state index contributed by atoms with van der Waals surface area (Å²) in [6, 6.07) is 14.0. The summed E-state index contributed by atoms with van der Waals surface area (Å²) in [5.74, 6) is 0.385. The Kier molecular flexibility index (Phi) is 5.38. The summed E-state index contributed by atoms with van der Waals surface area (Å²) >= 11 is 0. The minimum atomic E-state index is -0.343. The molecule has 0 aliphatic rings. The average Bonchev–Trinajstić information content (AvgIpc) is 2.69. The Morgan fingerprint density at radius 2 is 2.00 bits per heavy atom. The van der Waals surface area contributed by atoms with Gasteiger partial charge in [0.05, 0.1) is 12.8 Å². The van der Waals surface area contributed by atoms with E-state index in [0.29, 0.717) is 18.0 Å². The number of methoxy groups -OCH3 is 1. The Labute approximate surface area is 150 Å². The van der Waals surface area contributed by atoms with Crippen molar-refractivity contribution >= 4 is 5.91 Å². The van der Waals surface area contributed by atoms with Gasteiger partial charge < -0.3 is 10.1 Å². The van der Waals surface area contributed by atoms with Gasteiger partial charge in [-0.3, -0.25) is 14.6 Å². The van der Waals surface area contributed by atoms with Gasteiger partial charge in [-0.2, -0.15) is 5.10 Å². The zero-order valence-corrected chi connectivity index (χ0v) is 14.3. The molecule has 132 valence electrons. The standard InChI is InChI=1S/C19H18N4O3/c1-26-17-7-3-2-5-15(17)12-21-18(24)13-23-19(25)9-8-16(22-23)14-6-4-10-20-11-14/h2-11H,12-13H2,1H3,(H,21,24). The van der Waals surface area contributed by atoms with Crippen LogP contribution in [0.15, 0.2) is 65.7 Å². The van der Waals surface area contributed by atoms with Crippen molar-refractivity contribution in [3.8, 4) is 17.0 Å². The number of nitrogens with one attached hydrogen (secondary N) is 1. The van der Waals surface area contributed by atoms with Gasteiger partial charge in [-0.25, -0.2) is 4.68 Å². The molecule has 7 heteroatoms. The Balaban J connectivity index is 1.70. The first-order valence-corrected chi connectivity index (χ1v) is 8.04. The van der Waals surface area contributed by atoms with E-state index in [0.717, 1.165) is 15.8 Å². The maximum Gasteiger partial charge on any atom is 0.267 e. The first-order valence-electron chi connectivity index (χ1n) is 8.04. The Morgan fingerprint density at radius 3 is 2.77 bits per heavy atom. The molecule has 0 aliphatic heterocycles. The number of carbonyl (C=O) groups excluding carboxylic acids is 1. The zero-order chi connectivity index (χ0) is 18.4. The van der Waals surface area contributed by atoms with E-state index in [1.807, 2.05) is 30.3 Å². The molecule has 26 heavy (non-hydrogen) atoms. The van der Waals surface area contributed by atoms with Crippen LogP contribution in [0.2, 0.25) is 0 Å². The summed E-state index contributed by atoms with van der Waals surface area (Å²) in [5.41, 5.74) is 1.86. The molecule has 0 saturated heterocycles. The quantitative estimate of drug-likeness (QED) is 0.730. The lowest BCUT2D eigenvalue weighted by Gasteiger charge is -2.10. The molecule has 7 nitrogen and oxygen atoms in total. The SMILES string of the molecule is COc1ccccc1CNC(=O)Cn1nc(-c2cccnc2)ccc1=O. The van der Waals surface area contributed by atoms with Gasteiger partial charge in [0.25, 0.3) is 5.56 Å². The Morgan fingerprint density at radius 1 is 1.15 bits per heavy atom. The Hall–Kier alpha value is -3.48. The van der Waals surface area contributed by atoms with E-state index < -0.39 is 0 Å². The van der Waals surface area contributed by atoms with E-state index >= 15 is 0 Å². The van der Waals surface area contributed by atoms with Crippen molar-refractivity contribution in [3.05, 3.63) is 76.8 Å². The fraction of sp³-hybridized carbons (Fsp3) is 0.158. The van der Waals surface area contributed by atoms with Crippen LogP contribution in [0.4, 0.5) is 0 Å². The van der Waals surface area contributed by atoms with Crippen molar-refractivity contribution in [2.75, 3.05) is 7.11 Å². The minimum absolute atomic E-state index is 0.165. The van der Waals surface area contributed by atoms with Gasteiger partial charge in [0.2, 0.25) is 5.91 Å². The van der Waals surface area contributed by atoms with Crippen molar-refractivity contribution in [2.24, 2.45) is 0 Å². The molecule has 0 radical (unpaired) electrons. The molecule has 0 unspecified atom stereocenters. The van der Waals surface area contributed by atoms with Crippen LogP contribution >= 0.6 is 0 Å². The number of carbonyl (C=O) groups is 1. The first kappa shape index (κ1) is 17.3. The molecule has 3 rings (SSSR count). The number of ether oxygens (including phenoxy) is 1. The van der Waals surface area contributed by atoms with Crippen LogP contribution in [0.1, 0.15) is 5.56 Å². The molecular formula is C19H18N4O3. The number of nitrogens with zero attached hydrogens (tertiary/aromatic N) is 3. The van der Waals surface area contributed by atoms with Gasteiger partial charge in [-0.1, -0.05) is 18.2 Å². The number of hydrogen-bond acceptors (Lipinski definition) is 5. The molecule has 0 fully saturated rings. The van der Waals surface area contributed by atoms with E-state index in [-0.39, 0.29) is 18.0 Å². The van der Waals surface area contributed by atoms with Gasteiger partial charge in [0, 0.05) is 36.1 Å². The summed E-state index contributed by atoms with van der Waals surface area (Å²) < 4.78 is 6.39. The lowest BCUT2D eigenvalue weighted by molar-refractivity contribution is -0.122. The summed E-state index contributed by atoms with van der Waals surface area (Å²) in [6.07, 6.45) is 3.31. The predicted octanol–water partition coefficient (Wildman–Crippen LogP) is 1.63. The highest BCUT2D eigenvalue weighted by atomic mass is 16.5. The highest BCUT2D eigenvalue weighted by Crippen LogP contribution is 2.16. The largest absolute Gasteiger partial charge is 0.496 e. The number of hydrogen-bond donors (Lipinski definition) is 1. The monoisotopic (exact) mass is 350 g/mol. The summed E-state index contributed by atoms with van der Waals surface area (Å²) in [4.78, 5) is 28.3. The molecule has 2 heterocycles. The van der Waals surface area contributed by atoms with Crippen LogP contribution in [0, 0.1) is 0 Å². The average molecular weight is 350 g/mol. The molecule has 0 saturated carbocycles. The summed E-state index contributed by atoms with van der Waals surface area (Å²) in [5, 5.41) is 7.03. The van der Waals surface area contributed by atoms with Crippen LogP contribution < -0.4 is 15.6 Å². The highest BCUT2D eigenvalue weighted by molar-refractivity contribution is 5.75. The number of rotatable bonds is 6. The van der Waals surface area contributed by atoms with E-state index in [4.69, 9.17) is 4.74 Å². The van der Waals surface area contributed by atoms with Crippen molar-refractivity contribution in [3.63, 3.8) is 0 Å². The minimum Gasteiger partial charge on any atom is -0.496 e. The molecule has 2 aromatic heterocycles. The third-order valence-electron chi connectivity index (χ3n) is 3.79. The second-order valence-electron chi connectivity index (χ2n) is 5.54. The van der Waals surface area contributed by atoms with Crippen molar-refractivity contribution in [1.82, 2.24) is 20.1 Å². The third kappa shape index (κ3) is 4.13. The number of amides is 1. The van der Waals surface area contributed by atoms with Crippen molar-refractivity contribution in [2.45, 2.75) is 13.1 Å². The van der Waals surface area contributed by atoms with Crippen LogP contribution in [-0.4, -0.2) is 27.8 Å². The predicted molar refractivity (Wildman–Crippen MR) is 96.6 cm³/mol. The zero-order valence-electron chi connectivity index (χ0n) is 14.3. The number of aromatic nitrogens is 3. The van der Waals surface area contributed by atoms with Crippen molar-refractivity contribution in [1.29, 1.82) is 0 Å². The number of benzene rings is 1. The lowest BCUT2D eigenvalue weighted by Crippen LogP contribution is -2.33. The fourth-order valence-corrected chi connectivity index (χ4v) is 2.47. The molecule has 1 amide bonds. The molecular weight excluding hydrogens is 332 g/mol. The third-order valence-corrected chi connectivity index (χ3v) is 3.79. The molecule has 0 bridgehead atoms. The Bertz CT molecular complexity index is 954. The highest BCUT2D eigenvalue weighted by Gasteiger charge is 2.09.